The largest absolute Gasteiger partial charge is 0.478 e. The summed E-state index contributed by atoms with van der Waals surface area (Å²) in [5, 5.41) is 11.6. The molecule has 0 aliphatic heterocycles. The molecule has 0 radical (unpaired) electrons. The van der Waals surface area contributed by atoms with Gasteiger partial charge in [-0.1, -0.05) is 5.57 Å². The Kier molecular flexibility index (Phi) is 3.80. The highest BCUT2D eigenvalue weighted by Crippen LogP contribution is 2.26. The van der Waals surface area contributed by atoms with Crippen molar-refractivity contribution in [3.63, 3.8) is 0 Å². The number of carbonyl (C=O) groups excluding carboxylic acids is 1. The summed E-state index contributed by atoms with van der Waals surface area (Å²) in [6.07, 6.45) is 0.434. The van der Waals surface area contributed by atoms with E-state index >= 15 is 0 Å². The van der Waals surface area contributed by atoms with E-state index in [0.717, 1.165) is 5.57 Å². The maximum Gasteiger partial charge on any atom is 0.407 e. The van der Waals surface area contributed by atoms with E-state index in [0.29, 0.717) is 18.4 Å². The van der Waals surface area contributed by atoms with Crippen molar-refractivity contribution in [3.05, 3.63) is 11.1 Å². The Balaban J connectivity index is 2.48. The van der Waals surface area contributed by atoms with E-state index in [2.05, 4.69) is 5.32 Å². The van der Waals surface area contributed by atoms with Crippen LogP contribution in [0.4, 0.5) is 4.79 Å². The second kappa shape index (κ2) is 4.77. The maximum absolute atomic E-state index is 11.5. The first-order chi connectivity index (χ1) is 7.69. The van der Waals surface area contributed by atoms with Gasteiger partial charge >= 0.3 is 12.1 Å². The lowest BCUT2D eigenvalue weighted by Gasteiger charge is -2.21. The summed E-state index contributed by atoms with van der Waals surface area (Å²) in [5.74, 6) is -0.906. The van der Waals surface area contributed by atoms with Gasteiger partial charge in [0.25, 0.3) is 0 Å². The minimum atomic E-state index is -0.906. The number of rotatable bonds is 2. The summed E-state index contributed by atoms with van der Waals surface area (Å²) < 4.78 is 5.11. The van der Waals surface area contributed by atoms with Crippen LogP contribution in [0.3, 0.4) is 0 Å². The predicted molar refractivity (Wildman–Crippen MR) is 62.7 cm³/mol. The summed E-state index contributed by atoms with van der Waals surface area (Å²) in [6.45, 7) is 7.13. The maximum atomic E-state index is 11.5. The van der Waals surface area contributed by atoms with Crippen molar-refractivity contribution in [1.82, 2.24) is 5.32 Å². The summed E-state index contributed by atoms with van der Waals surface area (Å²) in [4.78, 5) is 22.4. The van der Waals surface area contributed by atoms with Crippen LogP contribution in [0.25, 0.3) is 0 Å². The molecule has 0 bridgehead atoms. The lowest BCUT2D eigenvalue weighted by atomic mass is 10.2. The molecule has 0 unspecified atom stereocenters. The Morgan fingerprint density at radius 3 is 2.35 bits per heavy atom. The Labute approximate surface area is 101 Å². The summed E-state index contributed by atoms with van der Waals surface area (Å²) in [6, 6.07) is -0.170. The number of aliphatic carboxylic acids is 1. The van der Waals surface area contributed by atoms with E-state index in [9.17, 15) is 9.59 Å². The molecule has 1 aliphatic carbocycles. The fourth-order valence-corrected chi connectivity index (χ4v) is 1.83. The van der Waals surface area contributed by atoms with Crippen molar-refractivity contribution in [2.75, 3.05) is 0 Å². The van der Waals surface area contributed by atoms with Crippen molar-refractivity contribution >= 4 is 12.1 Å². The first-order valence-electron chi connectivity index (χ1n) is 5.60. The number of carboxylic acids is 1. The zero-order chi connectivity index (χ0) is 13.2. The molecule has 0 aromatic heterocycles. The lowest BCUT2D eigenvalue weighted by molar-refractivity contribution is -0.132. The molecule has 2 N–H and O–H groups in total. The number of alkyl carbamates (subject to hydrolysis) is 1. The molecule has 1 amide bonds. The van der Waals surface area contributed by atoms with Gasteiger partial charge in [-0.25, -0.2) is 9.59 Å². The molecule has 96 valence electrons. The molecule has 17 heavy (non-hydrogen) atoms. The number of carboxylic acid groups (broad SMARTS) is 1. The molecule has 1 rings (SSSR count). The molecule has 0 aromatic rings. The highest BCUT2D eigenvalue weighted by atomic mass is 16.6. The lowest BCUT2D eigenvalue weighted by Crippen LogP contribution is -2.38. The van der Waals surface area contributed by atoms with Crippen molar-refractivity contribution in [2.45, 2.75) is 52.2 Å². The van der Waals surface area contributed by atoms with Crippen LogP contribution in [0.15, 0.2) is 11.1 Å². The second-order valence-electron chi connectivity index (χ2n) is 5.32. The van der Waals surface area contributed by atoms with Gasteiger partial charge in [0.2, 0.25) is 0 Å². The van der Waals surface area contributed by atoms with Crippen LogP contribution < -0.4 is 5.32 Å². The molecule has 1 aliphatic rings. The molecular weight excluding hydrogens is 222 g/mol. The van der Waals surface area contributed by atoms with Gasteiger partial charge in [0.1, 0.15) is 5.60 Å². The van der Waals surface area contributed by atoms with Crippen molar-refractivity contribution in [2.24, 2.45) is 0 Å². The Morgan fingerprint density at radius 2 is 1.94 bits per heavy atom. The van der Waals surface area contributed by atoms with Crippen molar-refractivity contribution in [1.29, 1.82) is 0 Å². The average molecular weight is 241 g/mol. The molecule has 5 heteroatoms. The van der Waals surface area contributed by atoms with Crippen molar-refractivity contribution in [3.8, 4) is 0 Å². The molecule has 0 saturated carbocycles. The molecule has 0 saturated heterocycles. The van der Waals surface area contributed by atoms with Crippen LogP contribution in [0.1, 0.15) is 40.5 Å². The first kappa shape index (κ1) is 13.5. The third-order valence-electron chi connectivity index (χ3n) is 2.50. The number of nitrogens with one attached hydrogen (secondary N) is 1. The smallest absolute Gasteiger partial charge is 0.407 e. The minimum Gasteiger partial charge on any atom is -0.478 e. The third kappa shape index (κ3) is 4.09. The van der Waals surface area contributed by atoms with E-state index < -0.39 is 17.7 Å². The number of amides is 1. The number of carbonyl (C=O) groups is 2. The van der Waals surface area contributed by atoms with Gasteiger partial charge in [-0.3, -0.25) is 0 Å². The summed E-state index contributed by atoms with van der Waals surface area (Å²) in [5.41, 5.74) is 0.672. The Morgan fingerprint density at radius 1 is 1.35 bits per heavy atom. The molecule has 0 heterocycles. The second-order valence-corrected chi connectivity index (χ2v) is 5.32. The van der Waals surface area contributed by atoms with E-state index in [1.807, 2.05) is 0 Å². The van der Waals surface area contributed by atoms with Gasteiger partial charge in [-0.05, 0) is 34.1 Å². The number of hydrogen-bond donors (Lipinski definition) is 2. The molecule has 0 fully saturated rings. The fraction of sp³-hybridized carbons (Fsp3) is 0.667. The number of hydrogen-bond acceptors (Lipinski definition) is 3. The summed E-state index contributed by atoms with van der Waals surface area (Å²) in [7, 11) is 0. The van der Waals surface area contributed by atoms with Crippen LogP contribution in [0, 0.1) is 0 Å². The zero-order valence-corrected chi connectivity index (χ0v) is 10.7. The van der Waals surface area contributed by atoms with Gasteiger partial charge in [-0.15, -0.1) is 0 Å². The monoisotopic (exact) mass is 241 g/mol. The first-order valence-corrected chi connectivity index (χ1v) is 5.60. The average Bonchev–Trinajstić information content (AvgIpc) is 2.42. The van der Waals surface area contributed by atoms with Gasteiger partial charge in [0.15, 0.2) is 0 Å². The van der Waals surface area contributed by atoms with E-state index in [-0.39, 0.29) is 6.04 Å². The highest BCUT2D eigenvalue weighted by Gasteiger charge is 2.28. The normalized spacial score (nSPS) is 20.4. The minimum absolute atomic E-state index is 0.170. The standard InChI is InChI=1S/C12H19NO4/c1-7-5-8(6-9(7)10(14)15)13-11(16)17-12(2,3)4/h8H,5-6H2,1-4H3,(H,13,16)(H,14,15)/t8-/m1/s1. The van der Waals surface area contributed by atoms with Gasteiger partial charge < -0.3 is 15.2 Å². The van der Waals surface area contributed by atoms with Crippen LogP contribution in [-0.4, -0.2) is 28.8 Å². The molecule has 0 aromatic carbocycles. The van der Waals surface area contributed by atoms with Crippen LogP contribution >= 0.6 is 0 Å². The molecule has 5 nitrogen and oxygen atoms in total. The topological polar surface area (TPSA) is 75.6 Å². The van der Waals surface area contributed by atoms with E-state index in [1.165, 1.54) is 0 Å². The highest BCUT2D eigenvalue weighted by molar-refractivity contribution is 5.88. The summed E-state index contributed by atoms with van der Waals surface area (Å²) >= 11 is 0. The van der Waals surface area contributed by atoms with Crippen molar-refractivity contribution < 1.29 is 19.4 Å². The van der Waals surface area contributed by atoms with E-state index in [4.69, 9.17) is 9.84 Å². The van der Waals surface area contributed by atoms with E-state index in [1.54, 1.807) is 27.7 Å². The Bertz CT molecular complexity index is 365. The van der Waals surface area contributed by atoms with Crippen LogP contribution in [0.2, 0.25) is 0 Å². The van der Waals surface area contributed by atoms with Crippen LogP contribution in [-0.2, 0) is 9.53 Å². The predicted octanol–water partition coefficient (Wildman–Crippen LogP) is 2.07. The third-order valence-corrected chi connectivity index (χ3v) is 2.50. The number of ether oxygens (including phenoxy) is 1. The molecular formula is C12H19NO4. The van der Waals surface area contributed by atoms with Gasteiger partial charge in [0.05, 0.1) is 0 Å². The zero-order valence-electron chi connectivity index (χ0n) is 10.7. The SMILES string of the molecule is CC1=C(C(=O)O)C[C@H](NC(=O)OC(C)(C)C)C1. The van der Waals surface area contributed by atoms with Gasteiger partial charge in [0, 0.05) is 18.0 Å². The molecule has 0 spiro atoms. The van der Waals surface area contributed by atoms with Crippen LogP contribution in [0.5, 0.6) is 0 Å². The Hall–Kier alpha value is -1.52. The fourth-order valence-electron chi connectivity index (χ4n) is 1.83. The van der Waals surface area contributed by atoms with Gasteiger partial charge in [-0.2, -0.15) is 0 Å². The quantitative estimate of drug-likeness (QED) is 0.776. The molecule has 1 atom stereocenters.